The molecule has 370 valence electrons. The van der Waals surface area contributed by atoms with E-state index in [2.05, 4.69) is 314 Å². The zero-order valence-corrected chi connectivity index (χ0v) is 42.9. The van der Waals surface area contributed by atoms with Crippen LogP contribution in [0.15, 0.2) is 308 Å². The van der Waals surface area contributed by atoms with Crippen molar-refractivity contribution in [3.63, 3.8) is 0 Å². The van der Waals surface area contributed by atoms with E-state index in [9.17, 15) is 0 Å². The Morgan fingerprint density at radius 2 is 0.538 bits per heavy atom. The molecule has 2 heterocycles. The molecule has 2 unspecified atom stereocenters. The van der Waals surface area contributed by atoms with Gasteiger partial charge >= 0.3 is 0 Å². The molecule has 0 radical (unpaired) electrons. The Morgan fingerprint density at radius 1 is 0.244 bits per heavy atom. The number of aliphatic imine (C=N–C) groups is 1. The average molecular weight is 999 g/mol. The molecule has 1 aliphatic rings. The van der Waals surface area contributed by atoms with Crippen LogP contribution in [-0.2, 0) is 0 Å². The van der Waals surface area contributed by atoms with Crippen LogP contribution in [0, 0.1) is 0 Å². The predicted octanol–water partition coefficient (Wildman–Crippen LogP) is 18.4. The molecule has 0 aliphatic carbocycles. The molecule has 0 fully saturated rings. The van der Waals surface area contributed by atoms with Crippen LogP contribution < -0.4 is 10.6 Å². The highest BCUT2D eigenvalue weighted by Gasteiger charge is 2.29. The van der Waals surface area contributed by atoms with Gasteiger partial charge in [-0.05, 0) is 109 Å². The monoisotopic (exact) mass is 998 g/mol. The summed E-state index contributed by atoms with van der Waals surface area (Å²) in [5.74, 6) is 0.796. The number of hydrogen-bond acceptors (Lipinski definition) is 4. The summed E-state index contributed by atoms with van der Waals surface area (Å²) in [7, 11) is 0. The van der Waals surface area contributed by atoms with Crippen LogP contribution in [0.3, 0.4) is 0 Å². The van der Waals surface area contributed by atoms with Crippen molar-refractivity contribution in [1.82, 2.24) is 15.6 Å². The number of aromatic nitrogens is 1. The van der Waals surface area contributed by atoms with Crippen molar-refractivity contribution >= 4 is 5.84 Å². The van der Waals surface area contributed by atoms with Crippen molar-refractivity contribution in [2.75, 3.05) is 0 Å². The number of pyridine rings is 1. The van der Waals surface area contributed by atoms with Gasteiger partial charge in [0.05, 0.1) is 11.4 Å². The van der Waals surface area contributed by atoms with E-state index >= 15 is 0 Å². The van der Waals surface area contributed by atoms with Gasteiger partial charge in [-0.3, -0.25) is 5.32 Å². The number of benzene rings is 11. The lowest BCUT2D eigenvalue weighted by molar-refractivity contribution is 0.409. The molecule has 0 saturated heterocycles. The van der Waals surface area contributed by atoms with Gasteiger partial charge < -0.3 is 5.32 Å². The van der Waals surface area contributed by atoms with Crippen molar-refractivity contribution in [1.29, 1.82) is 0 Å². The number of nitrogens with one attached hydrogen (secondary N) is 2. The van der Waals surface area contributed by atoms with E-state index in [-0.39, 0.29) is 6.17 Å². The van der Waals surface area contributed by atoms with Gasteiger partial charge in [0.25, 0.3) is 0 Å². The topological polar surface area (TPSA) is 49.3 Å². The van der Waals surface area contributed by atoms with Gasteiger partial charge in [-0.25, -0.2) is 9.98 Å². The third-order valence-corrected chi connectivity index (χ3v) is 14.7. The highest BCUT2D eigenvalue weighted by atomic mass is 15.3. The van der Waals surface area contributed by atoms with Crippen molar-refractivity contribution in [2.45, 2.75) is 12.3 Å². The highest BCUT2D eigenvalue weighted by Crippen LogP contribution is 2.49. The van der Waals surface area contributed by atoms with Gasteiger partial charge in [0, 0.05) is 33.4 Å². The maximum atomic E-state index is 5.68. The van der Waals surface area contributed by atoms with Crippen LogP contribution in [0.1, 0.15) is 29.0 Å². The Balaban J connectivity index is 1.01. The molecule has 0 bridgehead atoms. The Hall–Kier alpha value is -10.0. The van der Waals surface area contributed by atoms with Crippen LogP contribution in [0.5, 0.6) is 0 Å². The maximum absolute atomic E-state index is 5.68. The van der Waals surface area contributed by atoms with E-state index in [0.29, 0.717) is 0 Å². The first-order valence-corrected chi connectivity index (χ1v) is 26.7. The van der Waals surface area contributed by atoms with Crippen LogP contribution in [0.25, 0.3) is 100 Å². The smallest absolute Gasteiger partial charge is 0.131 e. The molecule has 1 aliphatic heterocycles. The summed E-state index contributed by atoms with van der Waals surface area (Å²) in [5, 5.41) is 7.99. The number of rotatable bonds is 12. The summed E-state index contributed by atoms with van der Waals surface area (Å²) in [6, 6.07) is 108. The molecule has 4 heteroatoms. The second-order valence-corrected chi connectivity index (χ2v) is 19.8. The van der Waals surface area contributed by atoms with Crippen molar-refractivity contribution in [2.24, 2.45) is 4.99 Å². The molecule has 0 amide bonds. The molecule has 78 heavy (non-hydrogen) atoms. The molecule has 13 rings (SSSR count). The summed E-state index contributed by atoms with van der Waals surface area (Å²) >= 11 is 0. The van der Waals surface area contributed by atoms with E-state index < -0.39 is 6.17 Å². The molecule has 11 aromatic carbocycles. The minimum Gasteiger partial charge on any atom is -0.350 e. The highest BCUT2D eigenvalue weighted by molar-refractivity contribution is 6.06. The predicted molar refractivity (Wildman–Crippen MR) is 324 cm³/mol. The van der Waals surface area contributed by atoms with Crippen molar-refractivity contribution in [3.8, 4) is 100 Å². The molecular weight excluding hydrogens is 945 g/mol. The zero-order chi connectivity index (χ0) is 52.0. The molecular formula is C74H54N4. The summed E-state index contributed by atoms with van der Waals surface area (Å²) < 4.78 is 0. The van der Waals surface area contributed by atoms with Crippen LogP contribution in [0.4, 0.5) is 0 Å². The van der Waals surface area contributed by atoms with E-state index in [1.165, 1.54) is 0 Å². The molecule has 2 N–H and O–H groups in total. The molecule has 2 atom stereocenters. The Labute approximate surface area is 456 Å². The molecule has 4 nitrogen and oxygen atoms in total. The fraction of sp³-hybridized carbons (Fsp3) is 0.0270. The van der Waals surface area contributed by atoms with E-state index in [1.54, 1.807) is 0 Å². The maximum Gasteiger partial charge on any atom is 0.131 e. The van der Waals surface area contributed by atoms with Gasteiger partial charge in [0.15, 0.2) is 0 Å². The first kappa shape index (κ1) is 47.7. The summed E-state index contributed by atoms with van der Waals surface area (Å²) in [4.78, 5) is 11.3. The largest absolute Gasteiger partial charge is 0.350 e. The minimum absolute atomic E-state index is 0.328. The summed E-state index contributed by atoms with van der Waals surface area (Å²) in [5.41, 5.74) is 22.8. The number of nitrogens with zero attached hydrogens (tertiary/aromatic N) is 2. The van der Waals surface area contributed by atoms with Crippen molar-refractivity contribution < 1.29 is 0 Å². The normalized spacial score (nSPS) is 14.0. The van der Waals surface area contributed by atoms with Crippen LogP contribution >= 0.6 is 0 Å². The lowest BCUT2D eigenvalue weighted by Gasteiger charge is -2.33. The first-order valence-electron chi connectivity index (χ1n) is 26.7. The SMILES string of the molecule is c1ccc(-c2cc(-c3ccccc3)cc(C3N=C(c4ccc(-c5c(-c6ccccc6)c(-c6ccccc6)nc(-c6ccccc6)c5-c5ccccc5)cc4)NC(c4cc(-c5ccccc5)cc(-c5ccccc5)c4)N3)c2)cc1. The first-order chi connectivity index (χ1) is 38.7. The fourth-order valence-electron chi connectivity index (χ4n) is 10.9. The third-order valence-electron chi connectivity index (χ3n) is 14.7. The summed E-state index contributed by atoms with van der Waals surface area (Å²) in [6.07, 6.45) is -0.751. The van der Waals surface area contributed by atoms with E-state index in [1.807, 2.05) is 0 Å². The van der Waals surface area contributed by atoms with E-state index in [0.717, 1.165) is 123 Å². The van der Waals surface area contributed by atoms with Crippen LogP contribution in [0.2, 0.25) is 0 Å². The zero-order valence-electron chi connectivity index (χ0n) is 42.9. The lowest BCUT2D eigenvalue weighted by atomic mass is 9.83. The number of amidine groups is 1. The second-order valence-electron chi connectivity index (χ2n) is 19.8. The fourth-order valence-corrected chi connectivity index (χ4v) is 10.9. The quantitative estimate of drug-likeness (QED) is 0.128. The van der Waals surface area contributed by atoms with Gasteiger partial charge in [0.2, 0.25) is 0 Å². The van der Waals surface area contributed by atoms with Gasteiger partial charge in [0.1, 0.15) is 18.2 Å². The molecule has 0 spiro atoms. The standard InChI is InChI=1S/C74H54N4/c1-9-25-51(26-10-1)61-45-62(52-27-11-2-12-28-52)48-65(47-61)73-76-72(77-74(78-73)66-49-63(53-29-13-3-14-30-53)46-64(50-66)54-31-15-4-16-32-54)60-43-41-57(42-44-60)67-68(55-33-17-5-18-34-55)70(58-37-21-7-22-38-58)75-71(59-39-23-8-24-40-59)69(67)56-35-19-6-20-36-56/h1-50,73-74,78H,(H,76,77). The van der Waals surface area contributed by atoms with E-state index in [4.69, 9.17) is 9.98 Å². The van der Waals surface area contributed by atoms with Gasteiger partial charge in [-0.15, -0.1) is 0 Å². The third kappa shape index (κ3) is 9.88. The molecule has 12 aromatic rings. The Morgan fingerprint density at radius 3 is 0.897 bits per heavy atom. The van der Waals surface area contributed by atoms with Gasteiger partial charge in [-0.1, -0.05) is 267 Å². The average Bonchev–Trinajstić information content (AvgIpc) is 3.57. The molecule has 0 saturated carbocycles. The molecule has 1 aromatic heterocycles. The van der Waals surface area contributed by atoms with Crippen LogP contribution in [-0.4, -0.2) is 10.8 Å². The number of hydrogen-bond donors (Lipinski definition) is 2. The van der Waals surface area contributed by atoms with Gasteiger partial charge in [-0.2, -0.15) is 0 Å². The summed E-state index contributed by atoms with van der Waals surface area (Å²) in [6.45, 7) is 0. The van der Waals surface area contributed by atoms with Crippen molar-refractivity contribution in [3.05, 3.63) is 320 Å². The second kappa shape index (κ2) is 21.7. The Bertz CT molecular complexity index is 3800. The minimum atomic E-state index is -0.422. The Kier molecular flexibility index (Phi) is 13.3. The lowest BCUT2D eigenvalue weighted by Crippen LogP contribution is -2.45.